The van der Waals surface area contributed by atoms with E-state index in [0.717, 1.165) is 12.1 Å². The molecule has 0 aromatic heterocycles. The van der Waals surface area contributed by atoms with Crippen LogP contribution < -0.4 is 9.80 Å². The van der Waals surface area contributed by atoms with Crippen LogP contribution in [0.5, 0.6) is 0 Å². The van der Waals surface area contributed by atoms with Crippen LogP contribution >= 0.6 is 0 Å². The number of fused-ring (bicyclic) bond motifs is 6. The molecule has 3 unspecified atom stereocenters. The van der Waals surface area contributed by atoms with Crippen LogP contribution in [0.15, 0.2) is 104 Å². The van der Waals surface area contributed by atoms with E-state index in [1.165, 1.54) is 18.2 Å². The molecular formula is C61H81N3O27S5. The van der Waals surface area contributed by atoms with Crippen molar-refractivity contribution in [1.82, 2.24) is 5.06 Å². The molecule has 1 saturated heterocycles. The summed E-state index contributed by atoms with van der Waals surface area (Å²) in [6.07, 6.45) is 5.97. The quantitative estimate of drug-likeness (QED) is 0.0160. The van der Waals surface area contributed by atoms with Crippen LogP contribution in [0.1, 0.15) is 76.8 Å². The lowest BCUT2D eigenvalue weighted by Crippen LogP contribution is -2.43. The van der Waals surface area contributed by atoms with Gasteiger partial charge in [-0.05, 0) is 104 Å². The Morgan fingerprint density at radius 2 is 1.03 bits per heavy atom. The van der Waals surface area contributed by atoms with Crippen LogP contribution in [-0.2, 0) is 119 Å². The summed E-state index contributed by atoms with van der Waals surface area (Å²) in [5.74, 6) is -3.06. The molecule has 30 nitrogen and oxygen atoms in total. The molecule has 0 saturated carbocycles. The zero-order chi connectivity index (χ0) is 70.4. The molecule has 532 valence electrons. The maximum atomic E-state index is 13.3. The lowest BCUT2D eigenvalue weighted by molar-refractivity contribution is -0.197. The van der Waals surface area contributed by atoms with Gasteiger partial charge in [0.05, 0.1) is 107 Å². The van der Waals surface area contributed by atoms with Gasteiger partial charge in [-0.25, -0.2) is 4.79 Å². The van der Waals surface area contributed by atoms with E-state index in [-0.39, 0.29) is 145 Å². The number of nitrogens with zero attached hydrogens (tertiary/aromatic N) is 3. The van der Waals surface area contributed by atoms with Crippen molar-refractivity contribution in [3.63, 3.8) is 0 Å². The fourth-order valence-electron chi connectivity index (χ4n) is 12.0. The molecule has 2 amide bonds. The van der Waals surface area contributed by atoms with Crippen molar-refractivity contribution >= 4 is 101 Å². The first-order valence-corrected chi connectivity index (χ1v) is 37.7. The molecule has 0 spiro atoms. The molecule has 3 heterocycles. The molecule has 7 rings (SSSR count). The summed E-state index contributed by atoms with van der Waals surface area (Å²) in [5.41, 5.74) is -0.430. The van der Waals surface area contributed by atoms with Crippen LogP contribution in [0.2, 0.25) is 0 Å². The fourth-order valence-corrected chi connectivity index (χ4v) is 15.2. The van der Waals surface area contributed by atoms with Gasteiger partial charge in [0, 0.05) is 91.9 Å². The highest BCUT2D eigenvalue weighted by atomic mass is 32.2. The standard InChI is InChI=1S/C61H81N3O27S5/c1-42(9-15-53-60(2,19-7-37-92(68,69)70)58-47-38-43(93(71,72)73)40-51(95(77,78)79)45(47)12-14-50(58)63(53)22-24-86-30-32-90-36-34-88-28-26-84-5)10-16-54-61(3,20-23-85-29-31-89-35-33-87-27-25-83-4)59-48-39-44(94(74,75)76)41-52(96(80,81)82)46(48)11-13-49(59)62(54)21-6-8-57(67)91-64-55(65)17-18-56(64)66/h9-16,38-41,53H,6-8,17-37H2,1-5H3,(H,68,69,70)(H,71,72,73)(H,74,75,76)(H,77,78,79)(H,80,81,82)/b15-9+,42-10+,54-16+. The van der Waals surface area contributed by atoms with Crippen LogP contribution in [0.3, 0.4) is 0 Å². The third-order valence-electron chi connectivity index (χ3n) is 16.5. The minimum absolute atomic E-state index is 0.0196. The molecule has 3 aliphatic rings. The second-order valence-electron chi connectivity index (χ2n) is 23.2. The molecule has 5 N–H and O–H groups in total. The van der Waals surface area contributed by atoms with Crippen LogP contribution in [-0.4, -0.2) is 219 Å². The largest absolute Gasteiger partial charge is 0.382 e. The van der Waals surface area contributed by atoms with Crippen LogP contribution in [0.25, 0.3) is 21.5 Å². The molecule has 35 heteroatoms. The van der Waals surface area contributed by atoms with Gasteiger partial charge in [0.2, 0.25) is 0 Å². The summed E-state index contributed by atoms with van der Waals surface area (Å²) in [6, 6.07) is 8.26. The Bertz CT molecular complexity index is 4170. The number of hydroxylamine groups is 2. The predicted octanol–water partition coefficient (Wildman–Crippen LogP) is 5.43. The molecule has 1 fully saturated rings. The summed E-state index contributed by atoms with van der Waals surface area (Å²) in [4.78, 5) is 43.5. The number of anilines is 2. The van der Waals surface area contributed by atoms with Crippen LogP contribution in [0, 0.1) is 0 Å². The zero-order valence-corrected chi connectivity index (χ0v) is 57.7. The van der Waals surface area contributed by atoms with Crippen molar-refractivity contribution in [2.45, 2.75) is 102 Å². The first-order chi connectivity index (χ1) is 45.2. The molecule has 4 aromatic rings. The third kappa shape index (κ3) is 19.7. The second kappa shape index (κ2) is 33.3. The van der Waals surface area contributed by atoms with Gasteiger partial charge in [0.15, 0.2) is 0 Å². The monoisotopic (exact) mass is 1450 g/mol. The second-order valence-corrected chi connectivity index (χ2v) is 30.4. The topological polar surface area (TPSA) is 416 Å². The molecule has 3 atom stereocenters. The van der Waals surface area contributed by atoms with Gasteiger partial charge in [0.25, 0.3) is 62.4 Å². The number of rotatable bonds is 40. The first-order valence-electron chi connectivity index (χ1n) is 30.4. The number of amides is 2. The lowest BCUT2D eigenvalue weighted by Gasteiger charge is -2.35. The lowest BCUT2D eigenvalue weighted by atomic mass is 9.73. The van der Waals surface area contributed by atoms with Gasteiger partial charge in [0.1, 0.15) is 9.79 Å². The molecule has 0 aliphatic carbocycles. The highest BCUT2D eigenvalue weighted by Crippen LogP contribution is 2.55. The minimum Gasteiger partial charge on any atom is -0.382 e. The van der Waals surface area contributed by atoms with Crippen molar-refractivity contribution < 1.29 is 122 Å². The Balaban J connectivity index is 1.36. The van der Waals surface area contributed by atoms with E-state index in [1.807, 2.05) is 4.90 Å². The van der Waals surface area contributed by atoms with Crippen molar-refractivity contribution in [2.75, 3.05) is 135 Å². The molecule has 96 heavy (non-hydrogen) atoms. The highest BCUT2D eigenvalue weighted by molar-refractivity contribution is 7.87. The smallest absolute Gasteiger partial charge is 0.333 e. The Kier molecular flexibility index (Phi) is 26.8. The average molecular weight is 1450 g/mol. The van der Waals surface area contributed by atoms with Gasteiger partial charge >= 0.3 is 5.97 Å². The number of methoxy groups -OCH3 is 2. The van der Waals surface area contributed by atoms with E-state index in [2.05, 4.69) is 0 Å². The minimum atomic E-state index is -5.20. The Hall–Kier alpha value is -5.94. The van der Waals surface area contributed by atoms with Crippen molar-refractivity contribution in [2.24, 2.45) is 0 Å². The van der Waals surface area contributed by atoms with Gasteiger partial charge in [-0.2, -0.15) is 42.1 Å². The van der Waals surface area contributed by atoms with Crippen molar-refractivity contribution in [3.05, 3.63) is 95.2 Å². The molecular weight excluding hydrogens is 1370 g/mol. The molecule has 4 aromatic carbocycles. The number of ether oxygens (including phenoxy) is 8. The van der Waals surface area contributed by atoms with E-state index in [9.17, 15) is 79.2 Å². The number of hydrogen-bond acceptors (Lipinski definition) is 24. The summed E-state index contributed by atoms with van der Waals surface area (Å²) in [7, 11) is -22.2. The Morgan fingerprint density at radius 3 is 1.51 bits per heavy atom. The maximum Gasteiger partial charge on any atom is 0.333 e. The average Bonchev–Trinajstić information content (AvgIpc) is 1.54. The van der Waals surface area contributed by atoms with Gasteiger partial charge in [-0.3, -0.25) is 32.4 Å². The predicted molar refractivity (Wildman–Crippen MR) is 347 cm³/mol. The van der Waals surface area contributed by atoms with E-state index in [4.69, 9.17) is 42.7 Å². The van der Waals surface area contributed by atoms with E-state index in [1.54, 1.807) is 70.3 Å². The van der Waals surface area contributed by atoms with E-state index >= 15 is 0 Å². The van der Waals surface area contributed by atoms with E-state index in [0.29, 0.717) is 78.4 Å². The number of allylic oxidation sites excluding steroid dienone is 5. The number of carbonyl (C=O) groups excluding carboxylic acids is 3. The number of carbonyl (C=O) groups is 3. The SMILES string of the molecule is COCCOCCOCCOCCN1c2ccc3c(S(=O)(=O)O)cc(S(=O)(=O)O)cc3c2C(C)(CCCS(=O)(=O)O)C1/C=C/C(C)=C/C=C1/N(CCCC(=O)ON2C(=O)CCC2=O)c2ccc3c(S(=O)(=O)O)cc(S(=O)(=O)O)cc3c2C1(C)CCOCCOCCOCCOC. The third-order valence-corrected chi connectivity index (χ3v) is 20.8. The summed E-state index contributed by atoms with van der Waals surface area (Å²) >= 11 is 0. The van der Waals surface area contributed by atoms with Gasteiger partial charge in [-0.1, -0.05) is 42.9 Å². The summed E-state index contributed by atoms with van der Waals surface area (Å²) < 4.78 is 225. The fraction of sp³-hybridized carbons (Fsp3) is 0.525. The first kappa shape index (κ1) is 77.4. The van der Waals surface area contributed by atoms with Gasteiger partial charge < -0.3 is 52.5 Å². The number of hydrogen-bond donors (Lipinski definition) is 5. The highest BCUT2D eigenvalue weighted by Gasteiger charge is 2.49. The van der Waals surface area contributed by atoms with Crippen molar-refractivity contribution in [3.8, 4) is 0 Å². The van der Waals surface area contributed by atoms with Crippen molar-refractivity contribution in [1.29, 1.82) is 0 Å². The number of benzene rings is 4. The number of imide groups is 1. The summed E-state index contributed by atoms with van der Waals surface area (Å²) in [6.45, 7) is 8.32. The van der Waals surface area contributed by atoms with E-state index < -0.39 is 111 Å². The normalized spacial score (nSPS) is 19.3. The zero-order valence-electron chi connectivity index (χ0n) is 53.6. The maximum absolute atomic E-state index is 13.3. The van der Waals surface area contributed by atoms with Gasteiger partial charge in [-0.15, -0.1) is 5.06 Å². The Morgan fingerprint density at radius 1 is 0.562 bits per heavy atom. The van der Waals surface area contributed by atoms with Crippen LogP contribution in [0.4, 0.5) is 11.4 Å². The molecule has 0 bridgehead atoms. The molecule has 0 radical (unpaired) electrons. The summed E-state index contributed by atoms with van der Waals surface area (Å²) in [5, 5.41) is 0.0592. The Labute approximate surface area is 558 Å². The molecule has 3 aliphatic heterocycles.